The Morgan fingerprint density at radius 1 is 0.795 bits per heavy atom. The van der Waals surface area contributed by atoms with E-state index in [4.69, 9.17) is 18.1 Å². The van der Waals surface area contributed by atoms with Gasteiger partial charge < -0.3 is 24.1 Å². The van der Waals surface area contributed by atoms with Gasteiger partial charge in [0.15, 0.2) is 20.5 Å². The molecule has 216 valence electrons. The second-order valence-electron chi connectivity index (χ2n) is 10.6. The van der Waals surface area contributed by atoms with E-state index < -0.39 is 68.0 Å². The molecule has 39 heavy (non-hydrogen) atoms. The van der Waals surface area contributed by atoms with Crippen molar-refractivity contribution in [2.75, 3.05) is 19.5 Å². The van der Waals surface area contributed by atoms with Crippen molar-refractivity contribution in [3.05, 3.63) is 71.8 Å². The maximum absolute atomic E-state index is 13.2. The fourth-order valence-corrected chi connectivity index (χ4v) is 5.36. The van der Waals surface area contributed by atoms with Crippen LogP contribution >= 0.6 is 0 Å². The SMILES string of the molecule is CC(C)(C)[Si](C)(C)O[C@H](CO)[C@@H](OC(=O)c1ccccc1)[C@H](OC(=O)c1ccccc1)[C@@H](CO)OS(C)(=O)=O. The summed E-state index contributed by atoms with van der Waals surface area (Å²) in [6.45, 7) is 8.13. The van der Waals surface area contributed by atoms with Crippen LogP contribution in [0, 0.1) is 0 Å². The van der Waals surface area contributed by atoms with Crippen molar-refractivity contribution in [2.24, 2.45) is 0 Å². The quantitative estimate of drug-likeness (QED) is 0.205. The van der Waals surface area contributed by atoms with Crippen LogP contribution in [0.5, 0.6) is 0 Å². The third-order valence-corrected chi connectivity index (χ3v) is 11.6. The second kappa shape index (κ2) is 13.6. The molecule has 0 aromatic heterocycles. The molecule has 0 radical (unpaired) electrons. The van der Waals surface area contributed by atoms with Crippen molar-refractivity contribution in [3.63, 3.8) is 0 Å². The van der Waals surface area contributed by atoms with Crippen LogP contribution in [0.2, 0.25) is 18.1 Å². The Morgan fingerprint density at radius 3 is 1.51 bits per heavy atom. The molecule has 0 aliphatic rings. The summed E-state index contributed by atoms with van der Waals surface area (Å²) >= 11 is 0. The summed E-state index contributed by atoms with van der Waals surface area (Å²) in [7, 11) is -6.81. The lowest BCUT2D eigenvalue weighted by Gasteiger charge is -2.42. The Morgan fingerprint density at radius 2 is 1.18 bits per heavy atom. The van der Waals surface area contributed by atoms with Crippen LogP contribution in [0.4, 0.5) is 0 Å². The second-order valence-corrected chi connectivity index (χ2v) is 16.9. The van der Waals surface area contributed by atoms with E-state index in [1.807, 2.05) is 33.9 Å². The van der Waals surface area contributed by atoms with Crippen LogP contribution in [0.3, 0.4) is 0 Å². The van der Waals surface area contributed by atoms with Gasteiger partial charge in [0.1, 0.15) is 12.2 Å². The largest absolute Gasteiger partial charge is 0.452 e. The predicted octanol–water partition coefficient (Wildman–Crippen LogP) is 3.16. The number of esters is 2. The summed E-state index contributed by atoms with van der Waals surface area (Å²) in [5.41, 5.74) is 0.279. The molecule has 0 heterocycles. The molecule has 2 aromatic rings. The molecular formula is C27H38O10SSi. The number of aliphatic hydroxyl groups is 2. The van der Waals surface area contributed by atoms with Crippen LogP contribution in [0.25, 0.3) is 0 Å². The van der Waals surface area contributed by atoms with Crippen LogP contribution in [-0.4, -0.2) is 82.8 Å². The third-order valence-electron chi connectivity index (χ3n) is 6.47. The van der Waals surface area contributed by atoms with Gasteiger partial charge >= 0.3 is 11.9 Å². The molecule has 2 rings (SSSR count). The van der Waals surface area contributed by atoms with E-state index in [-0.39, 0.29) is 16.2 Å². The standard InChI is InChI=1S/C27H38O10SSi/c1-27(2,3)39(5,6)37-22(18-29)24(35-26(31)20-15-11-8-12-16-20)23(21(17-28)36-38(4,32)33)34-25(30)19-13-9-7-10-14-19/h7-16,21-24,28-29H,17-18H2,1-6H3/t21-,22-,23-,24-/m1/s1. The van der Waals surface area contributed by atoms with Crippen molar-refractivity contribution < 1.29 is 46.3 Å². The van der Waals surface area contributed by atoms with Crippen molar-refractivity contribution in [2.45, 2.75) is 63.3 Å². The van der Waals surface area contributed by atoms with Gasteiger partial charge in [-0.3, -0.25) is 4.18 Å². The number of hydrogen-bond donors (Lipinski definition) is 2. The van der Waals surface area contributed by atoms with Gasteiger partial charge in [0, 0.05) is 0 Å². The molecule has 0 aliphatic carbocycles. The summed E-state index contributed by atoms with van der Waals surface area (Å²) in [5.74, 6) is -1.73. The Labute approximate surface area is 231 Å². The smallest absolute Gasteiger partial charge is 0.338 e. The molecule has 10 nitrogen and oxygen atoms in total. The van der Waals surface area contributed by atoms with E-state index in [2.05, 4.69) is 0 Å². The minimum atomic E-state index is -4.17. The number of ether oxygens (including phenoxy) is 2. The van der Waals surface area contributed by atoms with E-state index in [0.29, 0.717) is 0 Å². The zero-order valence-corrected chi connectivity index (χ0v) is 24.9. The van der Waals surface area contributed by atoms with Gasteiger partial charge in [-0.2, -0.15) is 8.42 Å². The average molecular weight is 583 g/mol. The lowest BCUT2D eigenvalue weighted by Crippen LogP contribution is -2.57. The molecule has 12 heteroatoms. The summed E-state index contributed by atoms with van der Waals surface area (Å²) < 4.78 is 47.0. The maximum Gasteiger partial charge on any atom is 0.338 e. The molecule has 0 aliphatic heterocycles. The van der Waals surface area contributed by atoms with E-state index in [9.17, 15) is 28.2 Å². The van der Waals surface area contributed by atoms with Crippen molar-refractivity contribution in [1.82, 2.24) is 0 Å². The molecule has 0 spiro atoms. The van der Waals surface area contributed by atoms with Crippen LogP contribution < -0.4 is 0 Å². The lowest BCUT2D eigenvalue weighted by atomic mass is 10.0. The highest BCUT2D eigenvalue weighted by atomic mass is 32.2. The number of carbonyl (C=O) groups excluding carboxylic acids is 2. The van der Waals surface area contributed by atoms with Gasteiger partial charge in [0.05, 0.1) is 30.6 Å². The fourth-order valence-electron chi connectivity index (χ4n) is 3.42. The number of hydrogen-bond acceptors (Lipinski definition) is 10. The number of rotatable bonds is 13. The number of carbonyl (C=O) groups is 2. The predicted molar refractivity (Wildman–Crippen MR) is 147 cm³/mol. The van der Waals surface area contributed by atoms with Gasteiger partial charge in [-0.1, -0.05) is 57.2 Å². The van der Waals surface area contributed by atoms with E-state index >= 15 is 0 Å². The zero-order chi connectivity index (χ0) is 29.4. The van der Waals surface area contributed by atoms with Gasteiger partial charge in [-0.15, -0.1) is 0 Å². The van der Waals surface area contributed by atoms with E-state index in [1.165, 1.54) is 24.3 Å². The van der Waals surface area contributed by atoms with Gasteiger partial charge in [0.2, 0.25) is 0 Å². The molecule has 4 atom stereocenters. The number of benzene rings is 2. The first kappa shape index (κ1) is 32.6. The lowest BCUT2D eigenvalue weighted by molar-refractivity contribution is -0.123. The topological polar surface area (TPSA) is 146 Å². The van der Waals surface area contributed by atoms with Crippen LogP contribution in [-0.2, 0) is 28.2 Å². The van der Waals surface area contributed by atoms with Crippen molar-refractivity contribution in [1.29, 1.82) is 0 Å². The molecule has 0 saturated heterocycles. The molecule has 0 bridgehead atoms. The third kappa shape index (κ3) is 9.51. The Hall–Kier alpha value is -2.61. The molecule has 0 unspecified atom stereocenters. The molecule has 0 fully saturated rings. The number of aliphatic hydroxyl groups excluding tert-OH is 2. The zero-order valence-electron chi connectivity index (χ0n) is 23.1. The first-order valence-corrected chi connectivity index (χ1v) is 17.1. The van der Waals surface area contributed by atoms with E-state index in [0.717, 1.165) is 6.26 Å². The summed E-state index contributed by atoms with van der Waals surface area (Å²) in [5, 5.41) is 20.3. The first-order chi connectivity index (χ1) is 18.1. The summed E-state index contributed by atoms with van der Waals surface area (Å²) in [6.07, 6.45) is -5.43. The van der Waals surface area contributed by atoms with Gasteiger partial charge in [-0.05, 0) is 42.4 Å². The molecule has 2 aromatic carbocycles. The maximum atomic E-state index is 13.2. The minimum absolute atomic E-state index is 0.123. The first-order valence-electron chi connectivity index (χ1n) is 12.4. The Balaban J connectivity index is 2.63. The fraction of sp³-hybridized carbons (Fsp3) is 0.481. The molecule has 2 N–H and O–H groups in total. The normalized spacial score (nSPS) is 15.6. The average Bonchev–Trinajstić information content (AvgIpc) is 2.87. The highest BCUT2D eigenvalue weighted by Crippen LogP contribution is 2.38. The summed E-state index contributed by atoms with van der Waals surface area (Å²) in [6, 6.07) is 15.8. The Bertz CT molecular complexity index is 1180. The highest BCUT2D eigenvalue weighted by Gasteiger charge is 2.47. The van der Waals surface area contributed by atoms with Gasteiger partial charge in [0.25, 0.3) is 10.1 Å². The van der Waals surface area contributed by atoms with Gasteiger partial charge in [-0.25, -0.2) is 9.59 Å². The Kier molecular flexibility index (Phi) is 11.4. The van der Waals surface area contributed by atoms with Crippen LogP contribution in [0.1, 0.15) is 41.5 Å². The molecular weight excluding hydrogens is 544 g/mol. The highest BCUT2D eigenvalue weighted by molar-refractivity contribution is 7.86. The van der Waals surface area contributed by atoms with Crippen molar-refractivity contribution in [3.8, 4) is 0 Å². The molecule has 0 amide bonds. The monoisotopic (exact) mass is 582 g/mol. The van der Waals surface area contributed by atoms with E-state index in [1.54, 1.807) is 36.4 Å². The molecule has 0 saturated carbocycles. The summed E-state index contributed by atoms with van der Waals surface area (Å²) in [4.78, 5) is 26.3. The van der Waals surface area contributed by atoms with Crippen molar-refractivity contribution >= 4 is 30.4 Å². The minimum Gasteiger partial charge on any atom is -0.452 e. The van der Waals surface area contributed by atoms with Crippen LogP contribution in [0.15, 0.2) is 60.7 Å².